The quantitative estimate of drug-likeness (QED) is 0.493. The molecule has 2 amide bonds. The third-order valence-electron chi connectivity index (χ3n) is 1.72. The normalized spacial score (nSPS) is 13.8. The molecule has 5 N–H and O–H groups in total. The molecule has 0 aliphatic heterocycles. The fraction of sp³-hybridized carbons (Fsp3) is 0.0714. The number of hydrogen-bond acceptors (Lipinski definition) is 4. The van der Waals surface area contributed by atoms with Gasteiger partial charge in [0.05, 0.1) is 0 Å². The van der Waals surface area contributed by atoms with Crippen molar-refractivity contribution in [2.24, 2.45) is 11.5 Å². The van der Waals surface area contributed by atoms with E-state index in [2.05, 4.69) is 31.2 Å². The predicted molar refractivity (Wildman–Crippen MR) is 77.2 cm³/mol. The van der Waals surface area contributed by atoms with E-state index in [0.29, 0.717) is 6.29 Å². The fourth-order valence-corrected chi connectivity index (χ4v) is 0.671. The van der Waals surface area contributed by atoms with Gasteiger partial charge in [0, 0.05) is 0 Å². The lowest BCUT2D eigenvalue weighted by Crippen LogP contribution is -2.25. The van der Waals surface area contributed by atoms with Gasteiger partial charge in [-0.2, -0.15) is 0 Å². The lowest BCUT2D eigenvalue weighted by molar-refractivity contribution is -0.117. The summed E-state index contributed by atoms with van der Waals surface area (Å²) in [6.45, 7) is 9.78. The number of primary amides is 2. The standard InChI is InChI=1S/C8H8O2.2C3H5NO/c1-7-2-4-8(10,6-9)5-3-7;2*1-2-3(4)5/h2-6,10H,1H2;2*2H,1H2,(H2,4,5). The van der Waals surface area contributed by atoms with Crippen molar-refractivity contribution in [3.63, 3.8) is 0 Å². The first-order valence-electron chi connectivity index (χ1n) is 5.30. The number of carbonyl (C=O) groups is 3. The van der Waals surface area contributed by atoms with Gasteiger partial charge in [-0.3, -0.25) is 14.4 Å². The number of nitrogens with two attached hydrogens (primary N) is 2. The summed E-state index contributed by atoms with van der Waals surface area (Å²) < 4.78 is 0. The summed E-state index contributed by atoms with van der Waals surface area (Å²) in [7, 11) is 0. The highest BCUT2D eigenvalue weighted by molar-refractivity contribution is 5.85. The Morgan fingerprint density at radius 3 is 1.60 bits per heavy atom. The van der Waals surface area contributed by atoms with Crippen LogP contribution in [0.25, 0.3) is 0 Å². The summed E-state index contributed by atoms with van der Waals surface area (Å²) in [6.07, 6.45) is 8.61. The Kier molecular flexibility index (Phi) is 10.0. The summed E-state index contributed by atoms with van der Waals surface area (Å²) in [4.78, 5) is 29.2. The van der Waals surface area contributed by atoms with Crippen LogP contribution in [-0.2, 0) is 14.4 Å². The van der Waals surface area contributed by atoms with E-state index in [-0.39, 0.29) is 0 Å². The van der Waals surface area contributed by atoms with Gasteiger partial charge in [-0.05, 0) is 29.9 Å². The Balaban J connectivity index is 0. The van der Waals surface area contributed by atoms with Crippen molar-refractivity contribution in [1.29, 1.82) is 0 Å². The first-order chi connectivity index (χ1) is 9.20. The van der Waals surface area contributed by atoms with Gasteiger partial charge in [0.2, 0.25) is 11.8 Å². The van der Waals surface area contributed by atoms with E-state index >= 15 is 0 Å². The summed E-state index contributed by atoms with van der Waals surface area (Å²) in [5, 5.41) is 9.22. The molecule has 1 rings (SSSR count). The lowest BCUT2D eigenvalue weighted by atomic mass is 9.98. The second-order valence-corrected chi connectivity index (χ2v) is 3.46. The maximum absolute atomic E-state index is 10.2. The molecule has 1 aliphatic rings. The van der Waals surface area contributed by atoms with Gasteiger partial charge in [0.25, 0.3) is 0 Å². The highest BCUT2D eigenvalue weighted by Gasteiger charge is 2.19. The maximum Gasteiger partial charge on any atom is 0.240 e. The molecule has 0 aromatic heterocycles. The van der Waals surface area contributed by atoms with Crippen molar-refractivity contribution >= 4 is 18.1 Å². The molecular formula is C14H18N2O4. The Hall–Kier alpha value is -2.73. The molecule has 6 nitrogen and oxygen atoms in total. The molecule has 6 heteroatoms. The van der Waals surface area contributed by atoms with Crippen LogP contribution in [0.1, 0.15) is 0 Å². The van der Waals surface area contributed by atoms with Gasteiger partial charge < -0.3 is 16.6 Å². The van der Waals surface area contributed by atoms with Crippen LogP contribution < -0.4 is 11.5 Å². The summed E-state index contributed by atoms with van der Waals surface area (Å²) >= 11 is 0. The Morgan fingerprint density at radius 2 is 1.40 bits per heavy atom. The summed E-state index contributed by atoms with van der Waals surface area (Å²) in [6, 6.07) is 0. The molecule has 0 aromatic carbocycles. The van der Waals surface area contributed by atoms with Crippen molar-refractivity contribution in [1.82, 2.24) is 0 Å². The number of allylic oxidation sites excluding steroid dienone is 3. The first kappa shape index (κ1) is 19.6. The van der Waals surface area contributed by atoms with Crippen LogP contribution in [0.2, 0.25) is 0 Å². The molecule has 0 heterocycles. The highest BCUT2D eigenvalue weighted by Crippen LogP contribution is 2.14. The van der Waals surface area contributed by atoms with Crippen LogP contribution >= 0.6 is 0 Å². The van der Waals surface area contributed by atoms with E-state index in [1.807, 2.05) is 0 Å². The van der Waals surface area contributed by atoms with Crippen molar-refractivity contribution in [3.8, 4) is 0 Å². The number of carbonyl (C=O) groups excluding carboxylic acids is 3. The van der Waals surface area contributed by atoms with Gasteiger partial charge in [-0.25, -0.2) is 0 Å². The molecule has 0 spiro atoms. The minimum atomic E-state index is -1.40. The molecule has 0 fully saturated rings. The number of aldehydes is 1. The van der Waals surface area contributed by atoms with Crippen molar-refractivity contribution in [2.75, 3.05) is 0 Å². The van der Waals surface area contributed by atoms with Crippen LogP contribution in [0.15, 0.2) is 61.8 Å². The molecule has 0 unspecified atom stereocenters. The van der Waals surface area contributed by atoms with Crippen LogP contribution in [-0.4, -0.2) is 28.8 Å². The zero-order chi connectivity index (χ0) is 16.2. The molecule has 20 heavy (non-hydrogen) atoms. The zero-order valence-corrected chi connectivity index (χ0v) is 11.0. The molecule has 0 aromatic rings. The molecule has 0 saturated carbocycles. The van der Waals surface area contributed by atoms with E-state index in [4.69, 9.17) is 0 Å². The van der Waals surface area contributed by atoms with E-state index in [0.717, 1.165) is 17.7 Å². The van der Waals surface area contributed by atoms with E-state index in [1.54, 1.807) is 12.2 Å². The summed E-state index contributed by atoms with van der Waals surface area (Å²) in [5.74, 6) is -0.963. The molecular weight excluding hydrogens is 260 g/mol. The number of amides is 2. The van der Waals surface area contributed by atoms with Gasteiger partial charge in [-0.1, -0.05) is 31.9 Å². The van der Waals surface area contributed by atoms with Gasteiger partial charge in [0.1, 0.15) is 0 Å². The number of rotatable bonds is 3. The fourth-order valence-electron chi connectivity index (χ4n) is 0.671. The first-order valence-corrected chi connectivity index (χ1v) is 5.30. The number of aliphatic hydroxyl groups is 1. The van der Waals surface area contributed by atoms with Gasteiger partial charge in [-0.15, -0.1) is 0 Å². The second-order valence-electron chi connectivity index (χ2n) is 3.46. The third kappa shape index (κ3) is 11.7. The molecule has 0 radical (unpaired) electrons. The Morgan fingerprint density at radius 1 is 1.10 bits per heavy atom. The Labute approximate surface area is 117 Å². The second kappa shape index (κ2) is 10.2. The van der Waals surface area contributed by atoms with Crippen LogP contribution in [0.4, 0.5) is 0 Å². The Bertz CT molecular complexity index is 428. The number of hydrogen-bond donors (Lipinski definition) is 3. The molecule has 1 aliphatic carbocycles. The van der Waals surface area contributed by atoms with Crippen LogP contribution in [0.5, 0.6) is 0 Å². The van der Waals surface area contributed by atoms with E-state index in [1.165, 1.54) is 12.2 Å². The molecule has 0 atom stereocenters. The third-order valence-corrected chi connectivity index (χ3v) is 1.72. The largest absolute Gasteiger partial charge is 0.375 e. The zero-order valence-electron chi connectivity index (χ0n) is 11.0. The van der Waals surface area contributed by atoms with Crippen LogP contribution in [0, 0.1) is 0 Å². The van der Waals surface area contributed by atoms with Crippen molar-refractivity contribution in [2.45, 2.75) is 5.60 Å². The smallest absolute Gasteiger partial charge is 0.240 e. The minimum Gasteiger partial charge on any atom is -0.375 e. The monoisotopic (exact) mass is 278 g/mol. The van der Waals surface area contributed by atoms with E-state index < -0.39 is 17.4 Å². The van der Waals surface area contributed by atoms with Crippen molar-refractivity contribution in [3.05, 3.63) is 61.8 Å². The summed E-state index contributed by atoms with van der Waals surface area (Å²) in [5.41, 5.74) is 8.45. The topological polar surface area (TPSA) is 123 Å². The maximum atomic E-state index is 10.2. The average Bonchev–Trinajstić information content (AvgIpc) is 2.43. The minimum absolute atomic E-state index is 0.479. The van der Waals surface area contributed by atoms with Crippen molar-refractivity contribution < 1.29 is 19.5 Å². The molecule has 108 valence electrons. The highest BCUT2D eigenvalue weighted by atomic mass is 16.3. The molecule has 0 saturated heterocycles. The lowest BCUT2D eigenvalue weighted by Gasteiger charge is -2.14. The predicted octanol–water partition coefficient (Wildman–Crippen LogP) is -0.0860. The van der Waals surface area contributed by atoms with Crippen LogP contribution in [0.3, 0.4) is 0 Å². The SMILES string of the molecule is C=C1C=CC(O)(C=O)C=C1.C=CC(N)=O.C=CC(N)=O. The average molecular weight is 278 g/mol. The van der Waals surface area contributed by atoms with Gasteiger partial charge >= 0.3 is 0 Å². The molecule has 0 bridgehead atoms. The van der Waals surface area contributed by atoms with Gasteiger partial charge in [0.15, 0.2) is 11.9 Å². The van der Waals surface area contributed by atoms with E-state index in [9.17, 15) is 19.5 Å².